The number of hydrogen-bond acceptors (Lipinski definition) is 3. The van der Waals surface area contributed by atoms with Gasteiger partial charge in [0.05, 0.1) is 11.8 Å². The van der Waals surface area contributed by atoms with Crippen LogP contribution in [0.1, 0.15) is 50.9 Å². The Hall–Kier alpha value is -1.78. The Labute approximate surface area is 133 Å². The first kappa shape index (κ1) is 18.3. The molecular formula is C17H28N2O3. The SMILES string of the molecule is CC(C)CCNC(=O)CCN(CC(C)C)C(=O)c1ccoc1. The smallest absolute Gasteiger partial charge is 0.257 e. The minimum Gasteiger partial charge on any atom is -0.472 e. The fourth-order valence-electron chi connectivity index (χ4n) is 2.11. The van der Waals surface area contributed by atoms with Crippen LogP contribution in [-0.2, 0) is 4.79 Å². The molecule has 5 heteroatoms. The molecule has 0 aromatic carbocycles. The first-order valence-corrected chi connectivity index (χ1v) is 7.98. The number of carbonyl (C=O) groups excluding carboxylic acids is 2. The van der Waals surface area contributed by atoms with Gasteiger partial charge in [-0.25, -0.2) is 0 Å². The second-order valence-corrected chi connectivity index (χ2v) is 6.44. The van der Waals surface area contributed by atoms with Crippen LogP contribution in [0, 0.1) is 11.8 Å². The van der Waals surface area contributed by atoms with Crippen LogP contribution >= 0.6 is 0 Å². The van der Waals surface area contributed by atoms with Gasteiger partial charge < -0.3 is 14.6 Å². The van der Waals surface area contributed by atoms with Gasteiger partial charge in [-0.3, -0.25) is 9.59 Å². The number of amides is 2. The van der Waals surface area contributed by atoms with Crippen molar-refractivity contribution in [1.82, 2.24) is 10.2 Å². The highest BCUT2D eigenvalue weighted by Gasteiger charge is 2.18. The third-order valence-electron chi connectivity index (χ3n) is 3.29. The summed E-state index contributed by atoms with van der Waals surface area (Å²) in [5, 5.41) is 2.90. The minimum absolute atomic E-state index is 0.00519. The first-order chi connectivity index (χ1) is 10.4. The van der Waals surface area contributed by atoms with Crippen molar-refractivity contribution in [2.75, 3.05) is 19.6 Å². The van der Waals surface area contributed by atoms with Crippen LogP contribution in [0.15, 0.2) is 23.0 Å². The number of nitrogens with zero attached hydrogens (tertiary/aromatic N) is 1. The van der Waals surface area contributed by atoms with Crippen molar-refractivity contribution in [3.8, 4) is 0 Å². The van der Waals surface area contributed by atoms with E-state index in [4.69, 9.17) is 4.42 Å². The summed E-state index contributed by atoms with van der Waals surface area (Å²) >= 11 is 0. The van der Waals surface area contributed by atoms with E-state index in [2.05, 4.69) is 33.0 Å². The van der Waals surface area contributed by atoms with Crippen LogP contribution in [0.2, 0.25) is 0 Å². The zero-order valence-corrected chi connectivity index (χ0v) is 14.1. The molecule has 0 fully saturated rings. The summed E-state index contributed by atoms with van der Waals surface area (Å²) in [6.07, 6.45) is 4.22. The Balaban J connectivity index is 2.48. The zero-order chi connectivity index (χ0) is 16.5. The van der Waals surface area contributed by atoms with Crippen molar-refractivity contribution < 1.29 is 14.0 Å². The lowest BCUT2D eigenvalue weighted by atomic mass is 10.1. The zero-order valence-electron chi connectivity index (χ0n) is 14.1. The van der Waals surface area contributed by atoms with Crippen LogP contribution in [0.3, 0.4) is 0 Å². The maximum Gasteiger partial charge on any atom is 0.257 e. The molecule has 124 valence electrons. The second kappa shape index (κ2) is 9.28. The molecule has 5 nitrogen and oxygen atoms in total. The number of furan rings is 1. The largest absolute Gasteiger partial charge is 0.472 e. The average molecular weight is 308 g/mol. The lowest BCUT2D eigenvalue weighted by molar-refractivity contribution is -0.121. The molecule has 0 saturated heterocycles. The molecule has 22 heavy (non-hydrogen) atoms. The molecular weight excluding hydrogens is 280 g/mol. The van der Waals surface area contributed by atoms with Gasteiger partial charge in [0.1, 0.15) is 6.26 Å². The summed E-state index contributed by atoms with van der Waals surface area (Å²) in [6.45, 7) is 10.1. The predicted octanol–water partition coefficient (Wildman–Crippen LogP) is 2.93. The molecule has 0 unspecified atom stereocenters. The summed E-state index contributed by atoms with van der Waals surface area (Å²) in [4.78, 5) is 26.0. The van der Waals surface area contributed by atoms with Gasteiger partial charge in [0.2, 0.25) is 5.91 Å². The maximum atomic E-state index is 12.4. The third kappa shape index (κ3) is 6.78. The summed E-state index contributed by atoms with van der Waals surface area (Å²) in [5.41, 5.74) is 0.529. The summed E-state index contributed by atoms with van der Waals surface area (Å²) in [6, 6.07) is 1.65. The molecule has 0 aliphatic heterocycles. The molecule has 0 saturated carbocycles. The van der Waals surface area contributed by atoms with Gasteiger partial charge in [0.15, 0.2) is 0 Å². The molecule has 0 aliphatic carbocycles. The summed E-state index contributed by atoms with van der Waals surface area (Å²) in [5.74, 6) is 0.826. The van der Waals surface area contributed by atoms with Crippen LogP contribution in [0.4, 0.5) is 0 Å². The Morgan fingerprint density at radius 3 is 2.50 bits per heavy atom. The predicted molar refractivity (Wildman–Crippen MR) is 86.5 cm³/mol. The number of hydrogen-bond donors (Lipinski definition) is 1. The topological polar surface area (TPSA) is 62.6 Å². The molecule has 1 heterocycles. The molecule has 1 N–H and O–H groups in total. The van der Waals surface area contributed by atoms with E-state index < -0.39 is 0 Å². The van der Waals surface area contributed by atoms with Gasteiger partial charge in [0.25, 0.3) is 5.91 Å². The fraction of sp³-hybridized carbons (Fsp3) is 0.647. The summed E-state index contributed by atoms with van der Waals surface area (Å²) in [7, 11) is 0. The Morgan fingerprint density at radius 2 is 1.95 bits per heavy atom. The number of nitrogens with one attached hydrogen (secondary N) is 1. The van der Waals surface area contributed by atoms with Crippen molar-refractivity contribution >= 4 is 11.8 Å². The van der Waals surface area contributed by atoms with Crippen molar-refractivity contribution in [2.45, 2.75) is 40.5 Å². The number of carbonyl (C=O) groups is 2. The monoisotopic (exact) mass is 308 g/mol. The van der Waals surface area contributed by atoms with Crippen molar-refractivity contribution in [3.05, 3.63) is 24.2 Å². The molecule has 0 radical (unpaired) electrons. The van der Waals surface area contributed by atoms with E-state index in [0.717, 1.165) is 6.42 Å². The average Bonchev–Trinajstić information content (AvgIpc) is 2.96. The number of rotatable bonds is 9. The van der Waals surface area contributed by atoms with E-state index >= 15 is 0 Å². The van der Waals surface area contributed by atoms with Crippen molar-refractivity contribution in [3.63, 3.8) is 0 Å². The van der Waals surface area contributed by atoms with Gasteiger partial charge in [-0.1, -0.05) is 27.7 Å². The van der Waals surface area contributed by atoms with Crippen LogP contribution in [-0.4, -0.2) is 36.3 Å². The van der Waals surface area contributed by atoms with Crippen LogP contribution in [0.5, 0.6) is 0 Å². The standard InChI is InChI=1S/C17H28N2O3/c1-13(2)5-8-18-16(20)6-9-19(11-14(3)4)17(21)15-7-10-22-12-15/h7,10,12-14H,5-6,8-9,11H2,1-4H3,(H,18,20). The highest BCUT2D eigenvalue weighted by Crippen LogP contribution is 2.09. The highest BCUT2D eigenvalue weighted by atomic mass is 16.3. The maximum absolute atomic E-state index is 12.4. The molecule has 0 bridgehead atoms. The molecule has 1 aromatic heterocycles. The van der Waals surface area contributed by atoms with E-state index in [0.29, 0.717) is 43.5 Å². The Kier molecular flexibility index (Phi) is 7.71. The van der Waals surface area contributed by atoms with Gasteiger partial charge >= 0.3 is 0 Å². The van der Waals surface area contributed by atoms with Crippen LogP contribution in [0.25, 0.3) is 0 Å². The second-order valence-electron chi connectivity index (χ2n) is 6.44. The van der Waals surface area contributed by atoms with Gasteiger partial charge in [0, 0.05) is 26.1 Å². The van der Waals surface area contributed by atoms with E-state index in [9.17, 15) is 9.59 Å². The van der Waals surface area contributed by atoms with Crippen molar-refractivity contribution in [1.29, 1.82) is 0 Å². The van der Waals surface area contributed by atoms with Gasteiger partial charge in [-0.15, -0.1) is 0 Å². The summed E-state index contributed by atoms with van der Waals surface area (Å²) < 4.78 is 4.97. The normalized spacial score (nSPS) is 11.0. The van der Waals surface area contributed by atoms with Gasteiger partial charge in [-0.05, 0) is 24.3 Å². The van der Waals surface area contributed by atoms with E-state index in [-0.39, 0.29) is 11.8 Å². The lowest BCUT2D eigenvalue weighted by Crippen LogP contribution is -2.37. The molecule has 1 rings (SSSR count). The van der Waals surface area contributed by atoms with Crippen LogP contribution < -0.4 is 5.32 Å². The Morgan fingerprint density at radius 1 is 1.23 bits per heavy atom. The minimum atomic E-state index is -0.0857. The lowest BCUT2D eigenvalue weighted by Gasteiger charge is -2.24. The van der Waals surface area contributed by atoms with E-state index in [1.165, 1.54) is 12.5 Å². The molecule has 0 aliphatic rings. The first-order valence-electron chi connectivity index (χ1n) is 7.98. The molecule has 1 aromatic rings. The fourth-order valence-corrected chi connectivity index (χ4v) is 2.11. The van der Waals surface area contributed by atoms with E-state index in [1.807, 2.05) is 0 Å². The molecule has 0 spiro atoms. The van der Waals surface area contributed by atoms with E-state index in [1.54, 1.807) is 11.0 Å². The molecule has 0 atom stereocenters. The quantitative estimate of drug-likeness (QED) is 0.763. The molecule has 2 amide bonds. The van der Waals surface area contributed by atoms with Gasteiger partial charge in [-0.2, -0.15) is 0 Å². The van der Waals surface area contributed by atoms with Crippen molar-refractivity contribution in [2.24, 2.45) is 11.8 Å². The Bertz CT molecular complexity index is 452. The third-order valence-corrected chi connectivity index (χ3v) is 3.29. The highest BCUT2D eigenvalue weighted by molar-refractivity contribution is 5.94.